The molecular formula is C52H34N2. The van der Waals surface area contributed by atoms with Crippen LogP contribution in [-0.2, 0) is 0 Å². The van der Waals surface area contributed by atoms with Gasteiger partial charge in [-0.25, -0.2) is 9.97 Å². The predicted octanol–water partition coefficient (Wildman–Crippen LogP) is 13.9. The van der Waals surface area contributed by atoms with E-state index in [1.165, 1.54) is 49.7 Å². The normalized spacial score (nSPS) is 11.3. The van der Waals surface area contributed by atoms with E-state index in [0.717, 1.165) is 49.9 Å². The molecule has 0 aliphatic carbocycles. The Bertz CT molecular complexity index is 2960. The van der Waals surface area contributed by atoms with Crippen molar-refractivity contribution >= 4 is 32.4 Å². The Kier molecular flexibility index (Phi) is 7.85. The molecular weight excluding hydrogens is 653 g/mol. The summed E-state index contributed by atoms with van der Waals surface area (Å²) in [4.78, 5) is 10.5. The number of fused-ring (bicyclic) bond motifs is 4. The molecule has 0 spiro atoms. The molecule has 2 heteroatoms. The quantitative estimate of drug-likeness (QED) is 0.163. The molecule has 2 nitrogen and oxygen atoms in total. The molecule has 54 heavy (non-hydrogen) atoms. The van der Waals surface area contributed by atoms with Crippen molar-refractivity contribution in [3.05, 3.63) is 206 Å². The van der Waals surface area contributed by atoms with E-state index in [1.54, 1.807) is 0 Å². The summed E-state index contributed by atoms with van der Waals surface area (Å²) < 4.78 is 0. The van der Waals surface area contributed by atoms with Crippen molar-refractivity contribution in [3.8, 4) is 67.2 Å². The lowest BCUT2D eigenvalue weighted by Crippen LogP contribution is -1.97. The SMILES string of the molecule is c1ccc(-c2ccc(-c3cccc(-c4cccc(-c5ccc(-c6nc(-c7cccc8ccccc78)nc7ccc8ccccc8c67)cc5)c4)c3)cc2)cc1. The van der Waals surface area contributed by atoms with Crippen molar-refractivity contribution in [2.45, 2.75) is 0 Å². The van der Waals surface area contributed by atoms with Crippen LogP contribution in [0.5, 0.6) is 0 Å². The van der Waals surface area contributed by atoms with Crippen molar-refractivity contribution in [2.24, 2.45) is 0 Å². The fourth-order valence-corrected chi connectivity index (χ4v) is 7.72. The van der Waals surface area contributed by atoms with Gasteiger partial charge in [0.2, 0.25) is 0 Å². The Balaban J connectivity index is 1.01. The number of benzene rings is 9. The summed E-state index contributed by atoms with van der Waals surface area (Å²) >= 11 is 0. The minimum Gasteiger partial charge on any atom is -0.228 e. The molecule has 0 aliphatic rings. The summed E-state index contributed by atoms with van der Waals surface area (Å²) in [6, 6.07) is 73.5. The van der Waals surface area contributed by atoms with Crippen molar-refractivity contribution in [1.82, 2.24) is 9.97 Å². The van der Waals surface area contributed by atoms with E-state index in [9.17, 15) is 0 Å². The highest BCUT2D eigenvalue weighted by molar-refractivity contribution is 6.13. The van der Waals surface area contributed by atoms with Crippen LogP contribution in [0.1, 0.15) is 0 Å². The minimum absolute atomic E-state index is 0.732. The zero-order valence-corrected chi connectivity index (χ0v) is 29.5. The summed E-state index contributed by atoms with van der Waals surface area (Å²) in [6.07, 6.45) is 0. The Morgan fingerprint density at radius 1 is 0.278 bits per heavy atom. The summed E-state index contributed by atoms with van der Waals surface area (Å²) in [5.41, 5.74) is 13.5. The van der Waals surface area contributed by atoms with Gasteiger partial charge in [-0.15, -0.1) is 0 Å². The van der Waals surface area contributed by atoms with Crippen LogP contribution in [0.4, 0.5) is 0 Å². The molecule has 9 aromatic carbocycles. The number of rotatable bonds is 6. The molecule has 1 heterocycles. The van der Waals surface area contributed by atoms with E-state index < -0.39 is 0 Å². The number of hydrogen-bond donors (Lipinski definition) is 0. The number of aromatic nitrogens is 2. The van der Waals surface area contributed by atoms with Crippen LogP contribution >= 0.6 is 0 Å². The van der Waals surface area contributed by atoms with E-state index in [-0.39, 0.29) is 0 Å². The fraction of sp³-hybridized carbons (Fsp3) is 0. The summed E-state index contributed by atoms with van der Waals surface area (Å²) in [5, 5.41) is 5.72. The van der Waals surface area contributed by atoms with Gasteiger partial charge in [-0.3, -0.25) is 0 Å². The van der Waals surface area contributed by atoms with Crippen LogP contribution in [0.2, 0.25) is 0 Å². The van der Waals surface area contributed by atoms with Gasteiger partial charge in [-0.05, 0) is 84.3 Å². The molecule has 0 N–H and O–H groups in total. The first-order valence-electron chi connectivity index (χ1n) is 18.4. The van der Waals surface area contributed by atoms with E-state index in [0.29, 0.717) is 0 Å². The van der Waals surface area contributed by atoms with Crippen molar-refractivity contribution in [1.29, 1.82) is 0 Å². The fourth-order valence-electron chi connectivity index (χ4n) is 7.72. The molecule has 0 saturated heterocycles. The van der Waals surface area contributed by atoms with Crippen molar-refractivity contribution in [3.63, 3.8) is 0 Å². The highest BCUT2D eigenvalue weighted by Crippen LogP contribution is 2.37. The molecule has 0 aliphatic heterocycles. The molecule has 10 rings (SSSR count). The van der Waals surface area contributed by atoms with E-state index in [2.05, 4.69) is 206 Å². The third-order valence-corrected chi connectivity index (χ3v) is 10.5. The smallest absolute Gasteiger partial charge is 0.161 e. The van der Waals surface area contributed by atoms with Gasteiger partial charge < -0.3 is 0 Å². The van der Waals surface area contributed by atoms with Gasteiger partial charge >= 0.3 is 0 Å². The van der Waals surface area contributed by atoms with Gasteiger partial charge in [-0.1, -0.05) is 188 Å². The molecule has 0 amide bonds. The zero-order valence-electron chi connectivity index (χ0n) is 29.5. The lowest BCUT2D eigenvalue weighted by atomic mass is 9.94. The largest absolute Gasteiger partial charge is 0.228 e. The summed E-state index contributed by atoms with van der Waals surface area (Å²) in [6.45, 7) is 0. The second-order valence-electron chi connectivity index (χ2n) is 13.8. The van der Waals surface area contributed by atoms with Gasteiger partial charge in [0.05, 0.1) is 11.2 Å². The zero-order chi connectivity index (χ0) is 35.8. The van der Waals surface area contributed by atoms with Gasteiger partial charge in [0.15, 0.2) is 5.82 Å². The molecule has 0 unspecified atom stereocenters. The Morgan fingerprint density at radius 2 is 0.722 bits per heavy atom. The second kappa shape index (κ2) is 13.4. The highest BCUT2D eigenvalue weighted by atomic mass is 14.9. The van der Waals surface area contributed by atoms with Crippen molar-refractivity contribution in [2.75, 3.05) is 0 Å². The summed E-state index contributed by atoms with van der Waals surface area (Å²) in [5.74, 6) is 0.732. The van der Waals surface area contributed by atoms with Gasteiger partial charge in [-0.2, -0.15) is 0 Å². The van der Waals surface area contributed by atoms with Crippen molar-refractivity contribution < 1.29 is 0 Å². The average Bonchev–Trinajstić information content (AvgIpc) is 3.26. The molecule has 0 bridgehead atoms. The Morgan fingerprint density at radius 3 is 1.37 bits per heavy atom. The lowest BCUT2D eigenvalue weighted by Gasteiger charge is -2.14. The number of hydrogen-bond acceptors (Lipinski definition) is 2. The second-order valence-corrected chi connectivity index (χ2v) is 13.8. The Hall–Kier alpha value is -7.16. The lowest BCUT2D eigenvalue weighted by molar-refractivity contribution is 1.24. The molecule has 0 fully saturated rings. The number of nitrogens with zero attached hydrogens (tertiary/aromatic N) is 2. The van der Waals surface area contributed by atoms with E-state index >= 15 is 0 Å². The molecule has 10 aromatic rings. The van der Waals surface area contributed by atoms with Crippen LogP contribution in [0, 0.1) is 0 Å². The molecule has 0 radical (unpaired) electrons. The standard InChI is InChI=1S/C52H34N2/c1-2-11-35(12-3-1)36-23-25-37(26-24-36)42-16-8-18-44(33-42)45-19-9-17-43(34-45)38-27-29-41(30-28-38)51-50-47-21-7-5-14-40(47)31-32-49(50)53-52(54-51)48-22-10-15-39-13-4-6-20-46(39)48/h1-34H. The Labute approximate surface area is 314 Å². The molecule has 0 atom stereocenters. The minimum atomic E-state index is 0.732. The average molecular weight is 687 g/mol. The van der Waals surface area contributed by atoms with Crippen LogP contribution in [0.25, 0.3) is 99.6 Å². The van der Waals surface area contributed by atoms with Gasteiger partial charge in [0, 0.05) is 16.5 Å². The van der Waals surface area contributed by atoms with Crippen LogP contribution < -0.4 is 0 Å². The first kappa shape index (κ1) is 31.6. The maximum atomic E-state index is 5.34. The monoisotopic (exact) mass is 686 g/mol. The van der Waals surface area contributed by atoms with E-state index in [1.807, 2.05) is 0 Å². The third-order valence-electron chi connectivity index (χ3n) is 10.5. The first-order chi connectivity index (χ1) is 26.7. The van der Waals surface area contributed by atoms with Crippen LogP contribution in [0.15, 0.2) is 206 Å². The molecule has 1 aromatic heterocycles. The predicted molar refractivity (Wildman–Crippen MR) is 227 cm³/mol. The van der Waals surface area contributed by atoms with Crippen LogP contribution in [-0.4, -0.2) is 9.97 Å². The topological polar surface area (TPSA) is 25.8 Å². The molecule has 252 valence electrons. The van der Waals surface area contributed by atoms with E-state index in [4.69, 9.17) is 9.97 Å². The molecule has 0 saturated carbocycles. The van der Waals surface area contributed by atoms with Gasteiger partial charge in [0.25, 0.3) is 0 Å². The summed E-state index contributed by atoms with van der Waals surface area (Å²) in [7, 11) is 0. The maximum Gasteiger partial charge on any atom is 0.161 e. The maximum absolute atomic E-state index is 5.34. The first-order valence-corrected chi connectivity index (χ1v) is 18.4. The highest BCUT2D eigenvalue weighted by Gasteiger charge is 2.16. The van der Waals surface area contributed by atoms with Gasteiger partial charge in [0.1, 0.15) is 0 Å². The third kappa shape index (κ3) is 5.81. The van der Waals surface area contributed by atoms with Crippen LogP contribution in [0.3, 0.4) is 0 Å².